The largest absolute Gasteiger partial charge is 0.490 e. The first-order chi connectivity index (χ1) is 11.8. The Hall–Kier alpha value is -2.25. The van der Waals surface area contributed by atoms with Crippen molar-refractivity contribution in [1.82, 2.24) is 0 Å². The lowest BCUT2D eigenvalue weighted by Gasteiger charge is -2.29. The minimum atomic E-state index is -3.83. The predicted octanol–water partition coefficient (Wildman–Crippen LogP) is 3.19. The van der Waals surface area contributed by atoms with Crippen molar-refractivity contribution in [3.8, 4) is 5.75 Å². The fourth-order valence-electron chi connectivity index (χ4n) is 2.56. The molecule has 1 amide bonds. The molecule has 0 aliphatic carbocycles. The fourth-order valence-corrected chi connectivity index (χ4v) is 3.81. The Morgan fingerprint density at radius 1 is 1.24 bits per heavy atom. The molecule has 2 aromatic rings. The summed E-state index contributed by atoms with van der Waals surface area (Å²) < 4.78 is 33.3. The number of anilines is 2. The van der Waals surface area contributed by atoms with Crippen LogP contribution in [0.5, 0.6) is 5.75 Å². The van der Waals surface area contributed by atoms with E-state index in [9.17, 15) is 13.2 Å². The number of carbonyl (C=O) groups is 1. The second kappa shape index (κ2) is 6.57. The summed E-state index contributed by atoms with van der Waals surface area (Å²) in [7, 11) is -3.83. The normalized spacial score (nSPS) is 13.8. The van der Waals surface area contributed by atoms with Crippen molar-refractivity contribution in [2.75, 3.05) is 22.8 Å². The lowest BCUT2D eigenvalue weighted by molar-refractivity contribution is -0.116. The number of benzene rings is 2. The maximum Gasteiger partial charge on any atom is 0.261 e. The number of rotatable bonds is 3. The Morgan fingerprint density at radius 2 is 2.00 bits per heavy atom. The van der Waals surface area contributed by atoms with Gasteiger partial charge in [-0.05, 0) is 42.8 Å². The van der Waals surface area contributed by atoms with Crippen LogP contribution in [-0.2, 0) is 14.8 Å². The highest BCUT2D eigenvalue weighted by atomic mass is 35.5. The average molecular weight is 381 g/mol. The quantitative estimate of drug-likeness (QED) is 0.887. The summed E-state index contributed by atoms with van der Waals surface area (Å²) in [6, 6.07) is 9.37. The smallest absolute Gasteiger partial charge is 0.261 e. The fraction of sp³-hybridized carbons (Fsp3) is 0.235. The van der Waals surface area contributed by atoms with Crippen molar-refractivity contribution in [2.45, 2.75) is 18.7 Å². The van der Waals surface area contributed by atoms with Crippen LogP contribution in [0.1, 0.15) is 12.5 Å². The van der Waals surface area contributed by atoms with E-state index >= 15 is 0 Å². The number of sulfonamides is 1. The number of aryl methyl sites for hydroxylation is 1. The van der Waals surface area contributed by atoms with Crippen LogP contribution in [0.4, 0.5) is 11.4 Å². The molecule has 1 heterocycles. The molecular formula is C17H17ClN2O4S. The van der Waals surface area contributed by atoms with Crippen LogP contribution in [0.25, 0.3) is 0 Å². The predicted molar refractivity (Wildman–Crippen MR) is 97.0 cm³/mol. The van der Waals surface area contributed by atoms with E-state index in [4.69, 9.17) is 16.3 Å². The van der Waals surface area contributed by atoms with Gasteiger partial charge in [0.1, 0.15) is 12.4 Å². The van der Waals surface area contributed by atoms with E-state index in [1.165, 1.54) is 24.0 Å². The van der Waals surface area contributed by atoms with Crippen LogP contribution in [0.15, 0.2) is 41.3 Å². The van der Waals surface area contributed by atoms with E-state index in [-0.39, 0.29) is 10.8 Å². The monoisotopic (exact) mass is 380 g/mol. The molecule has 0 saturated carbocycles. The summed E-state index contributed by atoms with van der Waals surface area (Å²) in [5.41, 5.74) is 1.67. The molecule has 0 aromatic heterocycles. The van der Waals surface area contributed by atoms with Crippen LogP contribution in [-0.4, -0.2) is 27.5 Å². The summed E-state index contributed by atoms with van der Waals surface area (Å²) in [4.78, 5) is 13.3. The molecule has 0 radical (unpaired) electrons. The van der Waals surface area contributed by atoms with Gasteiger partial charge in [-0.2, -0.15) is 0 Å². The van der Waals surface area contributed by atoms with Gasteiger partial charge in [0.2, 0.25) is 5.91 Å². The number of ether oxygens (including phenoxy) is 1. The maximum atomic E-state index is 12.7. The minimum absolute atomic E-state index is 0.0414. The Balaban J connectivity index is 1.96. The zero-order valence-electron chi connectivity index (χ0n) is 13.7. The molecule has 0 fully saturated rings. The molecule has 6 nitrogen and oxygen atoms in total. The summed E-state index contributed by atoms with van der Waals surface area (Å²) in [6.07, 6.45) is 0. The highest BCUT2D eigenvalue weighted by Crippen LogP contribution is 2.34. The van der Waals surface area contributed by atoms with E-state index < -0.39 is 10.0 Å². The van der Waals surface area contributed by atoms with Crippen molar-refractivity contribution in [3.63, 3.8) is 0 Å². The Morgan fingerprint density at radius 3 is 2.68 bits per heavy atom. The van der Waals surface area contributed by atoms with Crippen LogP contribution in [0, 0.1) is 6.92 Å². The van der Waals surface area contributed by atoms with Gasteiger partial charge in [0.05, 0.1) is 22.8 Å². The number of carbonyl (C=O) groups excluding carboxylic acids is 1. The molecule has 25 heavy (non-hydrogen) atoms. The average Bonchev–Trinajstić information content (AvgIpc) is 2.56. The van der Waals surface area contributed by atoms with Crippen molar-refractivity contribution >= 4 is 38.9 Å². The molecule has 132 valence electrons. The number of hydrogen-bond donors (Lipinski definition) is 1. The third kappa shape index (κ3) is 3.57. The van der Waals surface area contributed by atoms with E-state index in [1.54, 1.807) is 24.3 Å². The molecule has 0 spiro atoms. The second-order valence-corrected chi connectivity index (χ2v) is 7.81. The van der Waals surface area contributed by atoms with E-state index in [0.717, 1.165) is 5.56 Å². The van der Waals surface area contributed by atoms with Gasteiger partial charge >= 0.3 is 0 Å². The van der Waals surface area contributed by atoms with Gasteiger partial charge in [-0.15, -0.1) is 0 Å². The Labute approximate surface area is 151 Å². The molecule has 3 rings (SSSR count). The SMILES string of the molecule is CC(=O)N1CCOc2ccc(S(=O)(=O)Nc3ccc(C)c(Cl)c3)cc21. The van der Waals surface area contributed by atoms with Gasteiger partial charge in [-0.3, -0.25) is 9.52 Å². The van der Waals surface area contributed by atoms with Crippen LogP contribution < -0.4 is 14.4 Å². The third-order valence-electron chi connectivity index (χ3n) is 3.91. The van der Waals surface area contributed by atoms with Crippen LogP contribution in [0.3, 0.4) is 0 Å². The van der Waals surface area contributed by atoms with Gasteiger partial charge in [-0.1, -0.05) is 17.7 Å². The lowest BCUT2D eigenvalue weighted by atomic mass is 10.2. The highest BCUT2D eigenvalue weighted by Gasteiger charge is 2.24. The first-order valence-corrected chi connectivity index (χ1v) is 9.48. The van der Waals surface area contributed by atoms with Crippen molar-refractivity contribution in [2.24, 2.45) is 0 Å². The Kier molecular flexibility index (Phi) is 4.62. The summed E-state index contributed by atoms with van der Waals surface area (Å²) >= 11 is 6.04. The van der Waals surface area contributed by atoms with E-state index in [0.29, 0.717) is 35.3 Å². The molecule has 0 bridgehead atoms. The Bertz CT molecular complexity index is 944. The van der Waals surface area contributed by atoms with Crippen molar-refractivity contribution in [3.05, 3.63) is 47.0 Å². The zero-order valence-corrected chi connectivity index (χ0v) is 15.3. The van der Waals surface area contributed by atoms with Crippen LogP contribution >= 0.6 is 11.6 Å². The summed E-state index contributed by atoms with van der Waals surface area (Å²) in [5.74, 6) is 0.316. The molecule has 0 saturated heterocycles. The van der Waals surface area contributed by atoms with Crippen molar-refractivity contribution < 1.29 is 17.9 Å². The standard InChI is InChI=1S/C17H17ClN2O4S/c1-11-3-4-13(9-15(11)18)19-25(22,23)14-5-6-17-16(10-14)20(12(2)21)7-8-24-17/h3-6,9-10,19H,7-8H2,1-2H3. The number of fused-ring (bicyclic) bond motifs is 1. The van der Waals surface area contributed by atoms with Gasteiger partial charge in [-0.25, -0.2) is 8.42 Å². The molecule has 2 aromatic carbocycles. The molecule has 1 N–H and O–H groups in total. The number of hydrogen-bond acceptors (Lipinski definition) is 4. The number of halogens is 1. The van der Waals surface area contributed by atoms with Crippen molar-refractivity contribution in [1.29, 1.82) is 0 Å². The molecule has 0 atom stereocenters. The summed E-state index contributed by atoms with van der Waals surface area (Å²) in [5, 5.41) is 0.474. The second-order valence-electron chi connectivity index (χ2n) is 5.72. The minimum Gasteiger partial charge on any atom is -0.490 e. The number of nitrogens with one attached hydrogen (secondary N) is 1. The topological polar surface area (TPSA) is 75.7 Å². The van der Waals surface area contributed by atoms with Gasteiger partial charge < -0.3 is 9.64 Å². The first kappa shape index (κ1) is 17.6. The number of amides is 1. The number of nitrogens with zero attached hydrogens (tertiary/aromatic N) is 1. The lowest BCUT2D eigenvalue weighted by Crippen LogP contribution is -2.36. The third-order valence-corrected chi connectivity index (χ3v) is 5.69. The molecule has 0 unspecified atom stereocenters. The van der Waals surface area contributed by atoms with Crippen LogP contribution in [0.2, 0.25) is 5.02 Å². The highest BCUT2D eigenvalue weighted by molar-refractivity contribution is 7.92. The van der Waals surface area contributed by atoms with Gasteiger partial charge in [0, 0.05) is 11.9 Å². The zero-order chi connectivity index (χ0) is 18.2. The molecular weight excluding hydrogens is 364 g/mol. The maximum absolute atomic E-state index is 12.7. The molecule has 1 aliphatic rings. The van der Waals surface area contributed by atoms with Gasteiger partial charge in [0.15, 0.2) is 0 Å². The van der Waals surface area contributed by atoms with Gasteiger partial charge in [0.25, 0.3) is 10.0 Å². The molecule has 8 heteroatoms. The summed E-state index contributed by atoms with van der Waals surface area (Å²) in [6.45, 7) is 4.02. The molecule has 1 aliphatic heterocycles. The van der Waals surface area contributed by atoms with E-state index in [2.05, 4.69) is 4.72 Å². The van der Waals surface area contributed by atoms with E-state index in [1.807, 2.05) is 6.92 Å². The first-order valence-electron chi connectivity index (χ1n) is 7.62.